The smallest absolute Gasteiger partial charge is 0.227 e. The molecule has 1 aromatic carbocycles. The Morgan fingerprint density at radius 1 is 1.21 bits per heavy atom. The Hall–Kier alpha value is -2.34. The molecule has 0 bridgehead atoms. The number of rotatable bonds is 3. The topological polar surface area (TPSA) is 75.4 Å². The molecule has 1 amide bonds. The standard InChI is InChI=1S/C17H20ClN5O/c1-12-4-2-3-5-13(12)10-14(24)22-6-8-23(9-7-22)17-15(18)16(19)20-11-21-17/h2-5,11H,6-10H2,1H3,(H2,19,20,21). The number of nitrogens with zero attached hydrogens (tertiary/aromatic N) is 4. The summed E-state index contributed by atoms with van der Waals surface area (Å²) in [6.45, 7) is 4.67. The van der Waals surface area contributed by atoms with Gasteiger partial charge in [0.25, 0.3) is 0 Å². The number of hydrogen-bond acceptors (Lipinski definition) is 5. The molecule has 126 valence electrons. The molecule has 7 heteroatoms. The molecular formula is C17H20ClN5O. The number of nitrogens with two attached hydrogens (primary N) is 1. The number of carbonyl (C=O) groups is 1. The van der Waals surface area contributed by atoms with Crippen LogP contribution in [0.15, 0.2) is 30.6 Å². The second-order valence-electron chi connectivity index (χ2n) is 5.87. The molecule has 1 aliphatic heterocycles. The third-order valence-electron chi connectivity index (χ3n) is 4.33. The zero-order chi connectivity index (χ0) is 17.1. The van der Waals surface area contributed by atoms with Crippen LogP contribution in [0.3, 0.4) is 0 Å². The van der Waals surface area contributed by atoms with Crippen LogP contribution in [0.4, 0.5) is 11.6 Å². The molecule has 1 saturated heterocycles. The summed E-state index contributed by atoms with van der Waals surface area (Å²) in [4.78, 5) is 24.5. The Morgan fingerprint density at radius 2 is 1.92 bits per heavy atom. The molecule has 2 N–H and O–H groups in total. The van der Waals surface area contributed by atoms with Crippen LogP contribution in [-0.2, 0) is 11.2 Å². The highest BCUT2D eigenvalue weighted by atomic mass is 35.5. The minimum atomic E-state index is 0.150. The Bertz CT molecular complexity index is 744. The summed E-state index contributed by atoms with van der Waals surface area (Å²) >= 11 is 6.18. The lowest BCUT2D eigenvalue weighted by molar-refractivity contribution is -0.130. The van der Waals surface area contributed by atoms with Gasteiger partial charge in [-0.05, 0) is 18.1 Å². The van der Waals surface area contributed by atoms with Gasteiger partial charge in [0.1, 0.15) is 17.2 Å². The van der Waals surface area contributed by atoms with Gasteiger partial charge < -0.3 is 15.5 Å². The van der Waals surface area contributed by atoms with Gasteiger partial charge in [-0.1, -0.05) is 35.9 Å². The van der Waals surface area contributed by atoms with Crippen LogP contribution in [0.2, 0.25) is 5.02 Å². The number of amides is 1. The van der Waals surface area contributed by atoms with Gasteiger partial charge in [-0.15, -0.1) is 0 Å². The summed E-state index contributed by atoms with van der Waals surface area (Å²) in [5.74, 6) is 1.06. The fourth-order valence-corrected chi connectivity index (χ4v) is 3.06. The van der Waals surface area contributed by atoms with Gasteiger partial charge >= 0.3 is 0 Å². The summed E-state index contributed by atoms with van der Waals surface area (Å²) in [6.07, 6.45) is 1.85. The second kappa shape index (κ2) is 7.05. The van der Waals surface area contributed by atoms with Crippen LogP contribution in [-0.4, -0.2) is 47.0 Å². The van der Waals surface area contributed by atoms with Crippen LogP contribution in [0.25, 0.3) is 0 Å². The van der Waals surface area contributed by atoms with Crippen molar-refractivity contribution in [2.45, 2.75) is 13.3 Å². The maximum atomic E-state index is 12.5. The molecule has 0 atom stereocenters. The minimum absolute atomic E-state index is 0.150. The SMILES string of the molecule is Cc1ccccc1CC(=O)N1CCN(c2ncnc(N)c2Cl)CC1. The lowest BCUT2D eigenvalue weighted by atomic mass is 10.1. The zero-order valence-corrected chi connectivity index (χ0v) is 14.3. The zero-order valence-electron chi connectivity index (χ0n) is 13.6. The van der Waals surface area contributed by atoms with E-state index >= 15 is 0 Å². The lowest BCUT2D eigenvalue weighted by Crippen LogP contribution is -2.49. The Balaban J connectivity index is 1.62. The molecule has 0 radical (unpaired) electrons. The highest BCUT2D eigenvalue weighted by Gasteiger charge is 2.24. The fraction of sp³-hybridized carbons (Fsp3) is 0.353. The lowest BCUT2D eigenvalue weighted by Gasteiger charge is -2.35. The Kier molecular flexibility index (Phi) is 4.85. The number of aryl methyl sites for hydroxylation is 1. The quantitative estimate of drug-likeness (QED) is 0.919. The number of nitrogen functional groups attached to an aromatic ring is 1. The van der Waals surface area contributed by atoms with Gasteiger partial charge in [0.05, 0.1) is 6.42 Å². The molecule has 24 heavy (non-hydrogen) atoms. The van der Waals surface area contributed by atoms with Gasteiger partial charge in [0, 0.05) is 26.2 Å². The number of halogens is 1. The number of carbonyl (C=O) groups excluding carboxylic acids is 1. The normalized spacial score (nSPS) is 14.8. The van der Waals surface area contributed by atoms with Crippen LogP contribution in [0, 0.1) is 6.92 Å². The van der Waals surface area contributed by atoms with Gasteiger partial charge in [-0.25, -0.2) is 9.97 Å². The molecule has 2 aromatic rings. The molecule has 0 saturated carbocycles. The molecule has 0 aliphatic carbocycles. The van der Waals surface area contributed by atoms with Crippen molar-refractivity contribution in [3.63, 3.8) is 0 Å². The molecule has 1 aromatic heterocycles. The van der Waals surface area contributed by atoms with Gasteiger partial charge in [-0.2, -0.15) is 0 Å². The minimum Gasteiger partial charge on any atom is -0.382 e. The van der Waals surface area contributed by atoms with Crippen molar-refractivity contribution in [2.24, 2.45) is 0 Å². The summed E-state index contributed by atoms with van der Waals surface area (Å²) in [5, 5.41) is 0.372. The predicted octanol–water partition coefficient (Wildman–Crippen LogP) is 1.91. The van der Waals surface area contributed by atoms with Crippen LogP contribution in [0.1, 0.15) is 11.1 Å². The van der Waals surface area contributed by atoms with Crippen molar-refractivity contribution in [1.29, 1.82) is 0 Å². The average molecular weight is 346 g/mol. The molecule has 0 unspecified atom stereocenters. The van der Waals surface area contributed by atoms with Gasteiger partial charge in [0.2, 0.25) is 5.91 Å². The number of benzene rings is 1. The monoisotopic (exact) mass is 345 g/mol. The fourth-order valence-electron chi connectivity index (χ4n) is 2.84. The maximum Gasteiger partial charge on any atom is 0.227 e. The summed E-state index contributed by atoms with van der Waals surface area (Å²) in [7, 11) is 0. The van der Waals surface area contributed by atoms with Gasteiger partial charge in [-0.3, -0.25) is 4.79 Å². The van der Waals surface area contributed by atoms with E-state index in [-0.39, 0.29) is 11.7 Å². The molecule has 1 fully saturated rings. The van der Waals surface area contributed by atoms with Crippen molar-refractivity contribution in [1.82, 2.24) is 14.9 Å². The van der Waals surface area contributed by atoms with E-state index in [9.17, 15) is 4.79 Å². The Morgan fingerprint density at radius 3 is 2.62 bits per heavy atom. The highest BCUT2D eigenvalue weighted by Crippen LogP contribution is 2.27. The van der Waals surface area contributed by atoms with E-state index in [0.29, 0.717) is 43.4 Å². The van der Waals surface area contributed by atoms with Crippen LogP contribution in [0.5, 0.6) is 0 Å². The molecular weight excluding hydrogens is 326 g/mol. The number of anilines is 2. The van der Waals surface area contributed by atoms with Crippen LogP contribution >= 0.6 is 11.6 Å². The van der Waals surface area contributed by atoms with E-state index in [1.54, 1.807) is 0 Å². The Labute approximate surface area is 146 Å². The molecule has 3 rings (SSSR count). The second-order valence-corrected chi connectivity index (χ2v) is 6.25. The van der Waals surface area contributed by atoms with E-state index in [1.807, 2.05) is 41.0 Å². The van der Waals surface area contributed by atoms with E-state index in [2.05, 4.69) is 9.97 Å². The molecule has 6 nitrogen and oxygen atoms in total. The van der Waals surface area contributed by atoms with Crippen molar-refractivity contribution >= 4 is 29.1 Å². The molecule has 1 aliphatic rings. The van der Waals surface area contributed by atoms with E-state index in [1.165, 1.54) is 6.33 Å². The summed E-state index contributed by atoms with van der Waals surface area (Å²) < 4.78 is 0. The van der Waals surface area contributed by atoms with Crippen LogP contribution < -0.4 is 10.6 Å². The summed E-state index contributed by atoms with van der Waals surface area (Å²) in [6, 6.07) is 7.99. The predicted molar refractivity (Wildman–Crippen MR) is 95.1 cm³/mol. The van der Waals surface area contributed by atoms with Crippen molar-refractivity contribution in [3.05, 3.63) is 46.7 Å². The van der Waals surface area contributed by atoms with E-state index < -0.39 is 0 Å². The van der Waals surface area contributed by atoms with Gasteiger partial charge in [0.15, 0.2) is 5.82 Å². The molecule has 0 spiro atoms. The first-order valence-electron chi connectivity index (χ1n) is 7.89. The third-order valence-corrected chi connectivity index (χ3v) is 4.70. The average Bonchev–Trinajstić information content (AvgIpc) is 2.59. The van der Waals surface area contributed by atoms with Crippen molar-refractivity contribution < 1.29 is 4.79 Å². The van der Waals surface area contributed by atoms with E-state index in [0.717, 1.165) is 11.1 Å². The first kappa shape index (κ1) is 16.5. The maximum absolute atomic E-state index is 12.5. The molecule has 2 heterocycles. The number of hydrogen-bond donors (Lipinski definition) is 1. The van der Waals surface area contributed by atoms with E-state index in [4.69, 9.17) is 17.3 Å². The highest BCUT2D eigenvalue weighted by molar-refractivity contribution is 6.35. The summed E-state index contributed by atoms with van der Waals surface area (Å²) in [5.41, 5.74) is 7.95. The van der Waals surface area contributed by atoms with Crippen molar-refractivity contribution in [2.75, 3.05) is 36.8 Å². The number of piperazine rings is 1. The number of aromatic nitrogens is 2. The largest absolute Gasteiger partial charge is 0.382 e. The first-order chi connectivity index (χ1) is 11.6. The van der Waals surface area contributed by atoms with Crippen molar-refractivity contribution in [3.8, 4) is 0 Å². The third kappa shape index (κ3) is 3.43. The first-order valence-corrected chi connectivity index (χ1v) is 8.27.